The maximum atomic E-state index is 5.28. The Morgan fingerprint density at radius 2 is 2.12 bits per heavy atom. The van der Waals surface area contributed by atoms with Crippen LogP contribution in [0.4, 0.5) is 0 Å². The van der Waals surface area contributed by atoms with Gasteiger partial charge in [0.2, 0.25) is 0 Å². The van der Waals surface area contributed by atoms with Crippen LogP contribution in [-0.2, 0) is 15.4 Å². The summed E-state index contributed by atoms with van der Waals surface area (Å²) in [5, 5.41) is 1.05. The Hall–Kier alpha value is 0.790. The van der Waals surface area contributed by atoms with Crippen molar-refractivity contribution in [3.8, 4) is 0 Å². The van der Waals surface area contributed by atoms with Crippen LogP contribution >= 0.6 is 15.9 Å². The van der Waals surface area contributed by atoms with Gasteiger partial charge in [-0.3, -0.25) is 0 Å². The highest BCUT2D eigenvalue weighted by Crippen LogP contribution is 1.92. The van der Waals surface area contributed by atoms with Crippen molar-refractivity contribution in [1.82, 2.24) is 0 Å². The van der Waals surface area contributed by atoms with Gasteiger partial charge in [-0.05, 0) is 6.42 Å². The van der Waals surface area contributed by atoms with E-state index in [1.165, 1.54) is 0 Å². The number of halogens is 1. The van der Waals surface area contributed by atoms with Gasteiger partial charge in [-0.2, -0.15) is 4.18 Å². The monoisotopic (exact) mass is 199 g/mol. The van der Waals surface area contributed by atoms with E-state index in [2.05, 4.69) is 28.4 Å². The molecule has 0 spiro atoms. The summed E-state index contributed by atoms with van der Waals surface area (Å²) in [7, 11) is 0. The van der Waals surface area contributed by atoms with Gasteiger partial charge in [-0.15, -0.1) is 0 Å². The van der Waals surface area contributed by atoms with Gasteiger partial charge in [0.15, 0.2) is 0 Å². The van der Waals surface area contributed by atoms with Gasteiger partial charge in [0.05, 0.1) is 0 Å². The lowest BCUT2D eigenvalue weighted by atomic mass is 10.5. The fourth-order valence-electron chi connectivity index (χ4n) is 0.280. The molecule has 0 bridgehead atoms. The molecule has 3 heteroatoms. The standard InChI is InChI=1S/C5H12BrOS/c1-8(2)7-5-3-4-6/h3-5H2,1-2H3/q+1. The minimum Gasteiger partial charge on any atom is -0.175 e. The molecule has 0 saturated carbocycles. The lowest BCUT2D eigenvalue weighted by Crippen LogP contribution is -2.02. The molecule has 0 radical (unpaired) electrons. The molecule has 0 atom stereocenters. The largest absolute Gasteiger partial charge is 0.175 e. The number of hydrogen-bond donors (Lipinski definition) is 0. The molecule has 0 saturated heterocycles. The summed E-state index contributed by atoms with van der Waals surface area (Å²) in [6.45, 7) is 0.890. The third-order valence-electron chi connectivity index (χ3n) is 0.597. The molecule has 0 aliphatic heterocycles. The Balaban J connectivity index is 2.72. The second-order valence-corrected chi connectivity index (χ2v) is 4.12. The van der Waals surface area contributed by atoms with Gasteiger partial charge in [0.25, 0.3) is 0 Å². The number of alkyl halides is 1. The highest BCUT2D eigenvalue weighted by Gasteiger charge is 1.99. The van der Waals surface area contributed by atoms with Crippen LogP contribution < -0.4 is 0 Å². The van der Waals surface area contributed by atoms with Crippen LogP contribution in [0.1, 0.15) is 6.42 Å². The van der Waals surface area contributed by atoms with E-state index < -0.39 is 0 Å². The molecule has 50 valence electrons. The lowest BCUT2D eigenvalue weighted by Gasteiger charge is -1.93. The smallest absolute Gasteiger partial charge is 0.140 e. The predicted octanol–water partition coefficient (Wildman–Crippen LogP) is 1.58. The van der Waals surface area contributed by atoms with E-state index in [0.717, 1.165) is 18.4 Å². The fourth-order valence-corrected chi connectivity index (χ4v) is 0.960. The van der Waals surface area contributed by atoms with E-state index in [9.17, 15) is 0 Å². The van der Waals surface area contributed by atoms with Crippen molar-refractivity contribution in [3.63, 3.8) is 0 Å². The summed E-state index contributed by atoms with van der Waals surface area (Å²) in [6, 6.07) is 0. The average Bonchev–Trinajstić information content (AvgIpc) is 1.66. The maximum absolute atomic E-state index is 5.28. The van der Waals surface area contributed by atoms with Crippen molar-refractivity contribution in [2.45, 2.75) is 6.42 Å². The van der Waals surface area contributed by atoms with Crippen LogP contribution in [0.25, 0.3) is 0 Å². The summed E-state index contributed by atoms with van der Waals surface area (Å²) in [6.07, 6.45) is 5.27. The SMILES string of the molecule is C[S+](C)OCCCBr. The van der Waals surface area contributed by atoms with Crippen molar-refractivity contribution in [2.24, 2.45) is 0 Å². The molecular weight excluding hydrogens is 188 g/mol. The molecule has 0 aromatic carbocycles. The van der Waals surface area contributed by atoms with Gasteiger partial charge >= 0.3 is 0 Å². The van der Waals surface area contributed by atoms with Crippen LogP contribution in [0.15, 0.2) is 0 Å². The summed E-state index contributed by atoms with van der Waals surface area (Å²) < 4.78 is 5.28. The van der Waals surface area contributed by atoms with Crippen molar-refractivity contribution in [3.05, 3.63) is 0 Å². The van der Waals surface area contributed by atoms with Gasteiger partial charge in [0.1, 0.15) is 30.3 Å². The molecule has 0 aliphatic rings. The minimum absolute atomic E-state index is 0.162. The van der Waals surface area contributed by atoms with E-state index in [1.54, 1.807) is 0 Å². The first-order valence-corrected chi connectivity index (χ1v) is 5.63. The van der Waals surface area contributed by atoms with Gasteiger partial charge in [0, 0.05) is 5.33 Å². The average molecular weight is 200 g/mol. The Morgan fingerprint density at radius 1 is 1.50 bits per heavy atom. The Bertz CT molecular complexity index is 49.7. The van der Waals surface area contributed by atoms with E-state index in [0.29, 0.717) is 0 Å². The molecule has 0 aliphatic carbocycles. The van der Waals surface area contributed by atoms with Crippen LogP contribution in [0.3, 0.4) is 0 Å². The van der Waals surface area contributed by atoms with Crippen molar-refractivity contribution in [2.75, 3.05) is 24.4 Å². The molecule has 0 fully saturated rings. The zero-order valence-corrected chi connectivity index (χ0v) is 7.72. The molecule has 8 heavy (non-hydrogen) atoms. The van der Waals surface area contributed by atoms with Crippen molar-refractivity contribution >= 4 is 27.1 Å². The van der Waals surface area contributed by atoms with Crippen molar-refractivity contribution in [1.29, 1.82) is 0 Å². The summed E-state index contributed by atoms with van der Waals surface area (Å²) in [5.41, 5.74) is 0. The first kappa shape index (κ1) is 8.79. The van der Waals surface area contributed by atoms with Crippen LogP contribution in [0, 0.1) is 0 Å². The van der Waals surface area contributed by atoms with Crippen LogP contribution in [0.5, 0.6) is 0 Å². The minimum atomic E-state index is 0.162. The summed E-state index contributed by atoms with van der Waals surface area (Å²) in [5.74, 6) is 0. The molecule has 0 aromatic heterocycles. The second kappa shape index (κ2) is 5.92. The summed E-state index contributed by atoms with van der Waals surface area (Å²) in [4.78, 5) is 0. The molecule has 1 nitrogen and oxygen atoms in total. The molecular formula is C5H12BrOS+. The van der Waals surface area contributed by atoms with Gasteiger partial charge in [-0.25, -0.2) is 0 Å². The first-order chi connectivity index (χ1) is 3.77. The molecule has 0 amide bonds. The Labute approximate surface area is 62.5 Å². The Morgan fingerprint density at radius 3 is 2.50 bits per heavy atom. The van der Waals surface area contributed by atoms with E-state index in [1.807, 2.05) is 0 Å². The van der Waals surface area contributed by atoms with Gasteiger partial charge < -0.3 is 0 Å². The molecule has 0 heterocycles. The predicted molar refractivity (Wildman–Crippen MR) is 43.6 cm³/mol. The van der Waals surface area contributed by atoms with E-state index in [-0.39, 0.29) is 11.2 Å². The normalized spacial score (nSPS) is 10.5. The highest BCUT2D eigenvalue weighted by molar-refractivity contribution is 9.09. The zero-order valence-electron chi connectivity index (χ0n) is 5.32. The topological polar surface area (TPSA) is 9.23 Å². The molecule has 0 rings (SSSR count). The quantitative estimate of drug-likeness (QED) is 0.380. The second-order valence-electron chi connectivity index (χ2n) is 1.61. The fraction of sp³-hybridized carbons (Fsp3) is 1.00. The van der Waals surface area contributed by atoms with Crippen LogP contribution in [0.2, 0.25) is 0 Å². The van der Waals surface area contributed by atoms with E-state index >= 15 is 0 Å². The number of hydrogen-bond acceptors (Lipinski definition) is 1. The molecule has 0 unspecified atom stereocenters. The lowest BCUT2D eigenvalue weighted by molar-refractivity contribution is 0.367. The molecule has 0 N–H and O–H groups in total. The van der Waals surface area contributed by atoms with Crippen LogP contribution in [-0.4, -0.2) is 24.4 Å². The third kappa shape index (κ3) is 6.79. The van der Waals surface area contributed by atoms with E-state index in [4.69, 9.17) is 4.18 Å². The summed E-state index contributed by atoms with van der Waals surface area (Å²) >= 11 is 3.48. The maximum Gasteiger partial charge on any atom is 0.140 e. The zero-order chi connectivity index (χ0) is 6.41. The third-order valence-corrected chi connectivity index (χ3v) is 1.80. The van der Waals surface area contributed by atoms with Gasteiger partial charge in [-0.1, -0.05) is 15.9 Å². The number of rotatable bonds is 4. The van der Waals surface area contributed by atoms with Crippen molar-refractivity contribution < 1.29 is 4.18 Å². The highest BCUT2D eigenvalue weighted by atomic mass is 79.9. The first-order valence-electron chi connectivity index (χ1n) is 2.54. The molecule has 0 aromatic rings. The Kier molecular flexibility index (Phi) is 6.50.